The maximum Gasteiger partial charge on any atom is 0.325 e. The van der Waals surface area contributed by atoms with Gasteiger partial charge in [0.1, 0.15) is 12.1 Å². The highest BCUT2D eigenvalue weighted by atomic mass is 16.5. The Balaban J connectivity index is 2.65. The Morgan fingerprint density at radius 3 is 2.71 bits per heavy atom. The van der Waals surface area contributed by atoms with E-state index in [1.165, 1.54) is 11.8 Å². The molecule has 0 aromatic heterocycles. The maximum absolute atomic E-state index is 11.7. The smallest absolute Gasteiger partial charge is 0.325 e. The highest BCUT2D eigenvalue weighted by Crippen LogP contribution is 2.07. The molecule has 0 aromatic rings. The van der Waals surface area contributed by atoms with Crippen molar-refractivity contribution in [2.75, 3.05) is 19.8 Å². The molecule has 17 heavy (non-hydrogen) atoms. The fraction of sp³-hybridized carbons (Fsp3) is 0.667. The number of hydrogen-bond acceptors (Lipinski definition) is 4. The zero-order valence-corrected chi connectivity index (χ0v) is 9.38. The van der Waals surface area contributed by atoms with E-state index >= 15 is 0 Å². The number of morpholine rings is 1. The van der Waals surface area contributed by atoms with E-state index < -0.39 is 30.0 Å². The van der Waals surface area contributed by atoms with Gasteiger partial charge in [0.15, 0.2) is 0 Å². The summed E-state index contributed by atoms with van der Waals surface area (Å²) in [5, 5.41) is 10.9. The Labute approximate surface area is 97.7 Å². The Morgan fingerprint density at radius 2 is 2.18 bits per heavy atom. The molecule has 1 aliphatic heterocycles. The summed E-state index contributed by atoms with van der Waals surface area (Å²) < 4.78 is 5.04. The van der Waals surface area contributed by atoms with Crippen LogP contribution < -0.4 is 11.1 Å². The molecule has 4 N–H and O–H groups in total. The molecule has 0 radical (unpaired) electrons. The second kappa shape index (κ2) is 5.48. The summed E-state index contributed by atoms with van der Waals surface area (Å²) in [7, 11) is 0. The number of hydrogen-bond donors (Lipinski definition) is 3. The average Bonchev–Trinajstić information content (AvgIpc) is 2.28. The van der Waals surface area contributed by atoms with Gasteiger partial charge in [0.25, 0.3) is 0 Å². The minimum atomic E-state index is -1.15. The number of carboxylic acids is 1. The summed E-state index contributed by atoms with van der Waals surface area (Å²) >= 11 is 0. The van der Waals surface area contributed by atoms with Crippen molar-refractivity contribution in [3.05, 3.63) is 0 Å². The number of carboxylic acid groups (broad SMARTS) is 1. The number of nitrogens with two attached hydrogens (primary N) is 1. The predicted octanol–water partition coefficient (Wildman–Crippen LogP) is -1.64. The third-order valence-electron chi connectivity index (χ3n) is 2.43. The second-order valence-corrected chi connectivity index (χ2v) is 3.70. The Hall–Kier alpha value is -1.83. The van der Waals surface area contributed by atoms with Crippen molar-refractivity contribution in [2.45, 2.75) is 19.0 Å². The van der Waals surface area contributed by atoms with E-state index in [9.17, 15) is 14.4 Å². The summed E-state index contributed by atoms with van der Waals surface area (Å²) in [5.41, 5.74) is 5.13. The summed E-state index contributed by atoms with van der Waals surface area (Å²) in [4.78, 5) is 34.6. The highest BCUT2D eigenvalue weighted by molar-refractivity contribution is 5.88. The van der Waals surface area contributed by atoms with Crippen LogP contribution in [-0.2, 0) is 14.3 Å². The Kier molecular flexibility index (Phi) is 4.27. The number of urea groups is 1. The van der Waals surface area contributed by atoms with Gasteiger partial charge < -0.3 is 25.8 Å². The summed E-state index contributed by atoms with van der Waals surface area (Å²) in [5.74, 6) is -1.83. The Bertz CT molecular complexity index is 333. The van der Waals surface area contributed by atoms with E-state index in [2.05, 4.69) is 5.32 Å². The van der Waals surface area contributed by atoms with Gasteiger partial charge in [-0.2, -0.15) is 0 Å². The van der Waals surface area contributed by atoms with Crippen LogP contribution in [0.1, 0.15) is 6.92 Å². The van der Waals surface area contributed by atoms with Gasteiger partial charge in [-0.05, 0) is 6.92 Å². The first-order valence-corrected chi connectivity index (χ1v) is 5.10. The fourth-order valence-electron chi connectivity index (χ4n) is 1.41. The molecule has 1 heterocycles. The standard InChI is InChI=1S/C9H15N3O5/c1-5(8(14)15)11-9(16)12-2-3-17-4-6(12)7(10)13/h5-6H,2-4H2,1H3,(H2,10,13)(H,11,16)(H,14,15). The first kappa shape index (κ1) is 13.2. The molecule has 2 atom stereocenters. The number of carbonyl (C=O) groups is 3. The molecule has 1 rings (SSSR count). The fourth-order valence-corrected chi connectivity index (χ4v) is 1.41. The molecule has 0 aliphatic carbocycles. The molecule has 1 saturated heterocycles. The van der Waals surface area contributed by atoms with E-state index in [1.807, 2.05) is 0 Å². The molecule has 1 fully saturated rings. The monoisotopic (exact) mass is 245 g/mol. The summed E-state index contributed by atoms with van der Waals surface area (Å²) in [6.45, 7) is 1.86. The van der Waals surface area contributed by atoms with Crippen LogP contribution in [0.3, 0.4) is 0 Å². The zero-order chi connectivity index (χ0) is 13.0. The highest BCUT2D eigenvalue weighted by Gasteiger charge is 2.32. The SMILES string of the molecule is CC(NC(=O)N1CCOCC1C(N)=O)C(=O)O. The zero-order valence-electron chi connectivity index (χ0n) is 9.38. The van der Waals surface area contributed by atoms with Crippen molar-refractivity contribution >= 4 is 17.9 Å². The molecule has 0 spiro atoms. The predicted molar refractivity (Wildman–Crippen MR) is 56.1 cm³/mol. The van der Waals surface area contributed by atoms with E-state index in [0.29, 0.717) is 6.61 Å². The van der Waals surface area contributed by atoms with Crippen molar-refractivity contribution < 1.29 is 24.2 Å². The third-order valence-corrected chi connectivity index (χ3v) is 2.43. The van der Waals surface area contributed by atoms with Crippen molar-refractivity contribution in [1.29, 1.82) is 0 Å². The Morgan fingerprint density at radius 1 is 1.53 bits per heavy atom. The van der Waals surface area contributed by atoms with Crippen molar-refractivity contribution in [1.82, 2.24) is 10.2 Å². The van der Waals surface area contributed by atoms with Crippen LogP contribution in [-0.4, -0.2) is 59.8 Å². The lowest BCUT2D eigenvalue weighted by atomic mass is 10.2. The van der Waals surface area contributed by atoms with Crippen LogP contribution in [0, 0.1) is 0 Å². The van der Waals surface area contributed by atoms with Gasteiger partial charge in [-0.15, -0.1) is 0 Å². The molecular formula is C9H15N3O5. The van der Waals surface area contributed by atoms with Crippen molar-refractivity contribution in [3.63, 3.8) is 0 Å². The molecule has 0 bridgehead atoms. The molecule has 1 aliphatic rings. The largest absolute Gasteiger partial charge is 0.480 e. The number of aliphatic carboxylic acids is 1. The molecule has 8 heteroatoms. The summed E-state index contributed by atoms with van der Waals surface area (Å²) in [6.07, 6.45) is 0. The maximum atomic E-state index is 11.7. The minimum absolute atomic E-state index is 0.0320. The van der Waals surface area contributed by atoms with Crippen LogP contribution in [0.25, 0.3) is 0 Å². The lowest BCUT2D eigenvalue weighted by Crippen LogP contribution is -2.59. The molecule has 8 nitrogen and oxygen atoms in total. The first-order chi connectivity index (χ1) is 7.93. The van der Waals surface area contributed by atoms with Crippen LogP contribution in [0.5, 0.6) is 0 Å². The van der Waals surface area contributed by atoms with Crippen molar-refractivity contribution in [3.8, 4) is 0 Å². The number of nitrogens with zero attached hydrogens (tertiary/aromatic N) is 1. The number of primary amides is 1. The van der Waals surface area contributed by atoms with E-state index in [0.717, 1.165) is 0 Å². The van der Waals surface area contributed by atoms with Gasteiger partial charge in [-0.1, -0.05) is 0 Å². The topological polar surface area (TPSA) is 122 Å². The molecule has 0 aromatic carbocycles. The van der Waals surface area contributed by atoms with Gasteiger partial charge in [0, 0.05) is 6.54 Å². The third kappa shape index (κ3) is 3.31. The van der Waals surface area contributed by atoms with E-state index in [1.54, 1.807) is 0 Å². The lowest BCUT2D eigenvalue weighted by Gasteiger charge is -2.33. The van der Waals surface area contributed by atoms with Gasteiger partial charge in [0.2, 0.25) is 5.91 Å². The second-order valence-electron chi connectivity index (χ2n) is 3.70. The minimum Gasteiger partial charge on any atom is -0.480 e. The summed E-state index contributed by atoms with van der Waals surface area (Å²) in [6, 6.07) is -2.52. The van der Waals surface area contributed by atoms with Gasteiger partial charge in [0.05, 0.1) is 13.2 Å². The van der Waals surface area contributed by atoms with Crippen LogP contribution in [0.4, 0.5) is 4.79 Å². The number of nitrogens with one attached hydrogen (secondary N) is 1. The molecule has 3 amide bonds. The molecular weight excluding hydrogens is 230 g/mol. The van der Waals surface area contributed by atoms with Crippen LogP contribution >= 0.6 is 0 Å². The molecule has 0 saturated carbocycles. The molecule has 2 unspecified atom stereocenters. The van der Waals surface area contributed by atoms with Crippen LogP contribution in [0.15, 0.2) is 0 Å². The van der Waals surface area contributed by atoms with E-state index in [-0.39, 0.29) is 13.2 Å². The number of rotatable bonds is 3. The average molecular weight is 245 g/mol. The van der Waals surface area contributed by atoms with Gasteiger partial charge in [-0.25, -0.2) is 4.79 Å². The van der Waals surface area contributed by atoms with Crippen molar-refractivity contribution in [2.24, 2.45) is 5.73 Å². The number of carbonyl (C=O) groups excluding carboxylic acids is 2. The normalized spacial score (nSPS) is 21.7. The quantitative estimate of drug-likeness (QED) is 0.550. The van der Waals surface area contributed by atoms with Crippen LogP contribution in [0.2, 0.25) is 0 Å². The lowest BCUT2D eigenvalue weighted by molar-refractivity contribution is -0.138. The number of amides is 3. The first-order valence-electron chi connectivity index (χ1n) is 5.10. The van der Waals surface area contributed by atoms with E-state index in [4.69, 9.17) is 15.6 Å². The van der Waals surface area contributed by atoms with Gasteiger partial charge in [-0.3, -0.25) is 9.59 Å². The number of ether oxygens (including phenoxy) is 1. The molecule has 96 valence electrons. The van der Waals surface area contributed by atoms with Gasteiger partial charge >= 0.3 is 12.0 Å².